The van der Waals surface area contributed by atoms with Crippen LogP contribution in [-0.4, -0.2) is 0 Å². The number of allylic oxidation sites excluding steroid dienone is 6. The van der Waals surface area contributed by atoms with Crippen LogP contribution in [0.15, 0.2) is 41.0 Å². The molecule has 0 saturated heterocycles. The molecular formula is C20H19. The highest BCUT2D eigenvalue weighted by Crippen LogP contribution is 2.40. The van der Waals surface area contributed by atoms with Gasteiger partial charge in [0.25, 0.3) is 0 Å². The minimum atomic E-state index is 0.523. The maximum absolute atomic E-state index is 2.39. The lowest BCUT2D eigenvalue weighted by molar-refractivity contribution is 0.842. The fraction of sp³-hybridized carbons (Fsp3) is 0.250. The Morgan fingerprint density at radius 2 is 1.90 bits per heavy atom. The Morgan fingerprint density at radius 3 is 2.75 bits per heavy atom. The summed E-state index contributed by atoms with van der Waals surface area (Å²) >= 11 is 0. The fourth-order valence-electron chi connectivity index (χ4n) is 3.62. The molecule has 3 aliphatic rings. The minimum Gasteiger partial charge on any atom is -0.0735 e. The largest absolute Gasteiger partial charge is 0.0735 e. The fourth-order valence-corrected chi connectivity index (χ4v) is 3.62. The van der Waals surface area contributed by atoms with Crippen LogP contribution in [0.5, 0.6) is 0 Å². The molecule has 99 valence electrons. The SMILES string of the molecule is Cc1cc2c3c(c1C)C=CC1=CC(C)[CH]C(=C1C3)C=C2. The molecule has 1 aromatic rings. The molecule has 0 spiro atoms. The van der Waals surface area contributed by atoms with E-state index in [4.69, 9.17) is 0 Å². The van der Waals surface area contributed by atoms with Crippen molar-refractivity contribution in [3.63, 3.8) is 0 Å². The van der Waals surface area contributed by atoms with Gasteiger partial charge in [-0.05, 0) is 77.1 Å². The van der Waals surface area contributed by atoms with Crippen LogP contribution < -0.4 is 0 Å². The molecule has 2 bridgehead atoms. The van der Waals surface area contributed by atoms with Gasteiger partial charge in [-0.2, -0.15) is 0 Å². The summed E-state index contributed by atoms with van der Waals surface area (Å²) in [4.78, 5) is 0. The van der Waals surface area contributed by atoms with Crippen LogP contribution in [0, 0.1) is 26.2 Å². The summed E-state index contributed by atoms with van der Waals surface area (Å²) in [5.74, 6) is 0.523. The first-order valence-corrected chi connectivity index (χ1v) is 7.43. The van der Waals surface area contributed by atoms with E-state index in [1.165, 1.54) is 44.5 Å². The topological polar surface area (TPSA) is 0 Å². The van der Waals surface area contributed by atoms with Crippen LogP contribution in [0.25, 0.3) is 12.2 Å². The summed E-state index contributed by atoms with van der Waals surface area (Å²) < 4.78 is 0. The van der Waals surface area contributed by atoms with E-state index in [0.717, 1.165) is 6.42 Å². The van der Waals surface area contributed by atoms with Gasteiger partial charge in [-0.3, -0.25) is 0 Å². The molecule has 20 heavy (non-hydrogen) atoms. The highest BCUT2D eigenvalue weighted by atomic mass is 14.3. The number of benzene rings is 1. The minimum absolute atomic E-state index is 0.523. The third kappa shape index (κ3) is 1.61. The molecule has 4 rings (SSSR count). The van der Waals surface area contributed by atoms with E-state index in [9.17, 15) is 0 Å². The van der Waals surface area contributed by atoms with Crippen molar-refractivity contribution in [2.45, 2.75) is 27.2 Å². The van der Waals surface area contributed by atoms with Gasteiger partial charge in [-0.15, -0.1) is 0 Å². The van der Waals surface area contributed by atoms with Crippen LogP contribution in [-0.2, 0) is 6.42 Å². The van der Waals surface area contributed by atoms with E-state index in [-0.39, 0.29) is 0 Å². The Balaban J connectivity index is 2.06. The van der Waals surface area contributed by atoms with Gasteiger partial charge in [0.15, 0.2) is 0 Å². The van der Waals surface area contributed by atoms with Crippen LogP contribution >= 0.6 is 0 Å². The second-order valence-corrected chi connectivity index (χ2v) is 6.23. The molecule has 3 aliphatic carbocycles. The number of hydrogen-bond donors (Lipinski definition) is 0. The van der Waals surface area contributed by atoms with Gasteiger partial charge >= 0.3 is 0 Å². The quantitative estimate of drug-likeness (QED) is 0.616. The van der Waals surface area contributed by atoms with E-state index in [0.29, 0.717) is 5.92 Å². The molecule has 0 fully saturated rings. The first kappa shape index (κ1) is 12.0. The van der Waals surface area contributed by atoms with Gasteiger partial charge in [-0.1, -0.05) is 43.4 Å². The second kappa shape index (κ2) is 4.09. The van der Waals surface area contributed by atoms with Crippen LogP contribution in [0.1, 0.15) is 34.7 Å². The second-order valence-electron chi connectivity index (χ2n) is 6.23. The summed E-state index contributed by atoms with van der Waals surface area (Å²) in [5, 5.41) is 0. The average molecular weight is 259 g/mol. The molecule has 0 N–H and O–H groups in total. The summed E-state index contributed by atoms with van der Waals surface area (Å²) in [6, 6.07) is 2.34. The Bertz CT molecular complexity index is 736. The molecule has 0 heteroatoms. The monoisotopic (exact) mass is 259 g/mol. The maximum atomic E-state index is 2.39. The van der Waals surface area contributed by atoms with Crippen molar-refractivity contribution in [3.8, 4) is 0 Å². The standard InChI is InChI=1S/C20H19/c1-12-8-15-4-5-17-10-13(2)14(3)18-7-6-16(9-12)19(15)11-20(17)18/h4-10,12H,11H2,1-3H3. The smallest absolute Gasteiger partial charge is 0.000511 e. The Morgan fingerprint density at radius 1 is 1.05 bits per heavy atom. The van der Waals surface area contributed by atoms with Gasteiger partial charge in [0.05, 0.1) is 0 Å². The molecule has 0 amide bonds. The third-order valence-electron chi connectivity index (χ3n) is 4.85. The van der Waals surface area contributed by atoms with Crippen molar-refractivity contribution in [2.24, 2.45) is 5.92 Å². The Hall–Kier alpha value is -1.82. The van der Waals surface area contributed by atoms with Gasteiger partial charge in [0, 0.05) is 0 Å². The molecule has 0 aromatic heterocycles. The highest BCUT2D eigenvalue weighted by Gasteiger charge is 2.24. The lowest BCUT2D eigenvalue weighted by Gasteiger charge is -2.21. The molecule has 1 unspecified atom stereocenters. The zero-order valence-electron chi connectivity index (χ0n) is 12.3. The summed E-state index contributed by atoms with van der Waals surface area (Å²) in [7, 11) is 0. The molecule has 0 saturated carbocycles. The first-order valence-electron chi connectivity index (χ1n) is 7.43. The van der Waals surface area contributed by atoms with Crippen molar-refractivity contribution in [1.29, 1.82) is 0 Å². The van der Waals surface area contributed by atoms with Gasteiger partial charge < -0.3 is 0 Å². The van der Waals surface area contributed by atoms with E-state index >= 15 is 0 Å². The van der Waals surface area contributed by atoms with Crippen molar-refractivity contribution < 1.29 is 0 Å². The molecule has 1 aromatic carbocycles. The van der Waals surface area contributed by atoms with E-state index < -0.39 is 0 Å². The summed E-state index contributed by atoms with van der Waals surface area (Å²) in [5.41, 5.74) is 11.5. The van der Waals surface area contributed by atoms with Crippen molar-refractivity contribution >= 4 is 12.2 Å². The predicted octanol–water partition coefficient (Wildman–Crippen LogP) is 4.98. The van der Waals surface area contributed by atoms with Crippen molar-refractivity contribution in [2.75, 3.05) is 0 Å². The van der Waals surface area contributed by atoms with E-state index in [1.807, 2.05) is 0 Å². The zero-order valence-corrected chi connectivity index (χ0v) is 12.3. The molecular weight excluding hydrogens is 240 g/mol. The summed E-state index contributed by atoms with van der Waals surface area (Å²) in [6.45, 7) is 6.73. The molecule has 1 atom stereocenters. The van der Waals surface area contributed by atoms with Crippen molar-refractivity contribution in [1.82, 2.24) is 0 Å². The number of aryl methyl sites for hydroxylation is 1. The molecule has 0 heterocycles. The number of rotatable bonds is 0. The van der Waals surface area contributed by atoms with Crippen LogP contribution in [0.2, 0.25) is 0 Å². The lowest BCUT2D eigenvalue weighted by Crippen LogP contribution is -2.07. The molecule has 0 nitrogen and oxygen atoms in total. The molecule has 0 aliphatic heterocycles. The first-order chi connectivity index (χ1) is 9.63. The van der Waals surface area contributed by atoms with Gasteiger partial charge in [-0.25, -0.2) is 0 Å². The summed E-state index contributed by atoms with van der Waals surface area (Å²) in [6.07, 6.45) is 15.1. The zero-order chi connectivity index (χ0) is 13.9. The van der Waals surface area contributed by atoms with Crippen LogP contribution in [0.3, 0.4) is 0 Å². The third-order valence-corrected chi connectivity index (χ3v) is 4.85. The van der Waals surface area contributed by atoms with E-state index in [1.54, 1.807) is 0 Å². The lowest BCUT2D eigenvalue weighted by atomic mass is 9.84. The van der Waals surface area contributed by atoms with Crippen molar-refractivity contribution in [3.05, 3.63) is 75.3 Å². The predicted molar refractivity (Wildman–Crippen MR) is 86.3 cm³/mol. The Kier molecular flexibility index (Phi) is 2.44. The van der Waals surface area contributed by atoms with Gasteiger partial charge in [0.2, 0.25) is 0 Å². The van der Waals surface area contributed by atoms with E-state index in [2.05, 4.69) is 63.6 Å². The normalized spacial score (nSPS) is 22.6. The van der Waals surface area contributed by atoms with Crippen LogP contribution in [0.4, 0.5) is 0 Å². The Labute approximate surface area is 121 Å². The number of hydrogen-bond acceptors (Lipinski definition) is 0. The highest BCUT2D eigenvalue weighted by molar-refractivity contribution is 5.77. The molecule has 1 radical (unpaired) electrons. The average Bonchev–Trinajstić information content (AvgIpc) is 2.70. The van der Waals surface area contributed by atoms with Gasteiger partial charge in [0.1, 0.15) is 0 Å². The maximum Gasteiger partial charge on any atom is -0.000511 e.